The molecule has 0 aliphatic rings. The Kier molecular flexibility index (Phi) is 34.3. The van der Waals surface area contributed by atoms with Crippen molar-refractivity contribution in [2.24, 2.45) is 0 Å². The van der Waals surface area contributed by atoms with Crippen LogP contribution in [-0.2, 0) is 23.9 Å². The van der Waals surface area contributed by atoms with Crippen LogP contribution < -0.4 is 5.32 Å². The Morgan fingerprint density at radius 1 is 0.556 bits per heavy atom. The van der Waals surface area contributed by atoms with Gasteiger partial charge in [-0.3, -0.25) is 9.59 Å². The number of hydrogen-bond donors (Lipinski definition) is 1. The van der Waals surface area contributed by atoms with Gasteiger partial charge in [-0.05, 0) is 25.7 Å². The molecule has 45 heavy (non-hydrogen) atoms. The van der Waals surface area contributed by atoms with Crippen molar-refractivity contribution in [1.82, 2.24) is 5.32 Å². The summed E-state index contributed by atoms with van der Waals surface area (Å²) in [5, 5.41) is 2.81. The van der Waals surface area contributed by atoms with Gasteiger partial charge in [-0.15, -0.1) is 0 Å². The Morgan fingerprint density at radius 2 is 0.978 bits per heavy atom. The fourth-order valence-corrected chi connectivity index (χ4v) is 5.83. The van der Waals surface area contributed by atoms with Gasteiger partial charge < -0.3 is 19.6 Å². The fraction of sp³-hybridized carbons (Fsp3) is 0.923. The minimum absolute atomic E-state index is 0.0815. The lowest BCUT2D eigenvalue weighted by Gasteiger charge is -2.19. The summed E-state index contributed by atoms with van der Waals surface area (Å²) in [6.45, 7) is 7.27. The van der Waals surface area contributed by atoms with E-state index < -0.39 is 6.04 Å². The topological polar surface area (TPSA) is 81.7 Å². The first-order valence-electron chi connectivity index (χ1n) is 19.6. The maximum atomic E-state index is 12.6. The molecule has 266 valence electrons. The Hall–Kier alpha value is -1.43. The highest BCUT2D eigenvalue weighted by molar-refractivity contribution is 5.79. The van der Waals surface area contributed by atoms with Crippen molar-refractivity contribution in [2.45, 2.75) is 219 Å². The van der Waals surface area contributed by atoms with Crippen LogP contribution in [0.15, 0.2) is 0 Å². The van der Waals surface area contributed by atoms with E-state index in [2.05, 4.69) is 26.1 Å². The highest BCUT2D eigenvalue weighted by Crippen LogP contribution is 2.16. The molecule has 0 rings (SSSR count). The molecular weight excluding hydrogens is 562 g/mol. The minimum Gasteiger partial charge on any atom is -0.462 e. The van der Waals surface area contributed by atoms with E-state index in [0.29, 0.717) is 25.9 Å². The smallest absolute Gasteiger partial charge is 0.306 e. The second kappa shape index (κ2) is 35.4. The Bertz CT molecular complexity index is 655. The van der Waals surface area contributed by atoms with Crippen LogP contribution in [0.1, 0.15) is 207 Å². The molecule has 0 radical (unpaired) electrons. The van der Waals surface area contributed by atoms with Gasteiger partial charge in [0.15, 0.2) is 0 Å². The second-order valence-corrected chi connectivity index (χ2v) is 13.4. The van der Waals surface area contributed by atoms with Gasteiger partial charge in [0.25, 0.3) is 0 Å². The van der Waals surface area contributed by atoms with Gasteiger partial charge >= 0.3 is 5.97 Å². The van der Waals surface area contributed by atoms with Crippen molar-refractivity contribution in [3.05, 3.63) is 0 Å². The maximum Gasteiger partial charge on any atom is 0.306 e. The summed E-state index contributed by atoms with van der Waals surface area (Å²) in [5.41, 5.74) is 0. The second-order valence-electron chi connectivity index (χ2n) is 13.4. The zero-order valence-corrected chi connectivity index (χ0v) is 30.2. The van der Waals surface area contributed by atoms with E-state index in [1.165, 1.54) is 122 Å². The summed E-state index contributed by atoms with van der Waals surface area (Å²) in [6.07, 6.45) is 33.6. The van der Waals surface area contributed by atoms with Crippen molar-refractivity contribution in [3.63, 3.8) is 0 Å². The van der Waals surface area contributed by atoms with Crippen LogP contribution in [0.2, 0.25) is 0 Å². The fourth-order valence-electron chi connectivity index (χ4n) is 5.83. The Labute approximate surface area is 279 Å². The third kappa shape index (κ3) is 32.3. The summed E-state index contributed by atoms with van der Waals surface area (Å²) in [5.74, 6) is -0.182. The lowest BCUT2D eigenvalue weighted by atomic mass is 10.1. The van der Waals surface area contributed by atoms with E-state index in [0.717, 1.165) is 51.2 Å². The highest BCUT2D eigenvalue weighted by atomic mass is 16.5. The normalized spacial score (nSPS) is 12.6. The summed E-state index contributed by atoms with van der Waals surface area (Å²) in [6, 6.07) is -0.633. The number of esters is 1. The Balaban J connectivity index is 4.16. The lowest BCUT2D eigenvalue weighted by molar-refractivity contribution is -0.150. The molecule has 0 aromatic heterocycles. The molecule has 0 bridgehead atoms. The van der Waals surface area contributed by atoms with Crippen molar-refractivity contribution in [3.8, 4) is 0 Å². The van der Waals surface area contributed by atoms with Crippen LogP contribution in [0.3, 0.4) is 0 Å². The standard InChI is InChI=1S/C39H75NO5/c1-4-7-10-13-15-17-18-20-21-24-27-30-38(42)40-36(34-41)35-44-33-32-37(29-26-23-12-9-6-3)45-39(43)31-28-25-22-19-16-14-11-8-5-2/h34,36-37H,4-33,35H2,1-3H3,(H,40,42). The molecule has 0 saturated carbocycles. The lowest BCUT2D eigenvalue weighted by Crippen LogP contribution is -2.39. The molecule has 0 aliphatic heterocycles. The average Bonchev–Trinajstić information content (AvgIpc) is 3.03. The van der Waals surface area contributed by atoms with Crippen LogP contribution >= 0.6 is 0 Å². The number of carbonyl (C=O) groups is 3. The molecule has 0 aromatic rings. The molecule has 6 nitrogen and oxygen atoms in total. The van der Waals surface area contributed by atoms with Crippen molar-refractivity contribution in [1.29, 1.82) is 0 Å². The summed E-state index contributed by atoms with van der Waals surface area (Å²) in [7, 11) is 0. The first kappa shape index (κ1) is 43.6. The predicted octanol–water partition coefficient (Wildman–Crippen LogP) is 11.0. The molecule has 1 N–H and O–H groups in total. The van der Waals surface area contributed by atoms with Gasteiger partial charge in [0.2, 0.25) is 5.91 Å². The van der Waals surface area contributed by atoms with E-state index in [9.17, 15) is 14.4 Å². The third-order valence-electron chi connectivity index (χ3n) is 8.81. The van der Waals surface area contributed by atoms with Crippen LogP contribution in [-0.4, -0.2) is 43.5 Å². The zero-order valence-electron chi connectivity index (χ0n) is 30.2. The molecule has 0 saturated heterocycles. The molecule has 0 heterocycles. The number of hydrogen-bond acceptors (Lipinski definition) is 5. The van der Waals surface area contributed by atoms with Gasteiger partial charge in [0.05, 0.1) is 13.2 Å². The molecule has 0 aromatic carbocycles. The quantitative estimate of drug-likeness (QED) is 0.0420. The van der Waals surface area contributed by atoms with E-state index >= 15 is 0 Å². The number of rotatable bonds is 36. The van der Waals surface area contributed by atoms with Crippen LogP contribution in [0.4, 0.5) is 0 Å². The number of carbonyl (C=O) groups excluding carboxylic acids is 3. The van der Waals surface area contributed by atoms with E-state index in [-0.39, 0.29) is 24.6 Å². The van der Waals surface area contributed by atoms with Crippen LogP contribution in [0.5, 0.6) is 0 Å². The minimum atomic E-state index is -0.633. The Morgan fingerprint density at radius 3 is 1.44 bits per heavy atom. The van der Waals surface area contributed by atoms with Crippen LogP contribution in [0, 0.1) is 0 Å². The number of unbranched alkanes of at least 4 members (excludes halogenated alkanes) is 22. The predicted molar refractivity (Wildman–Crippen MR) is 190 cm³/mol. The van der Waals surface area contributed by atoms with Crippen molar-refractivity contribution >= 4 is 18.2 Å². The van der Waals surface area contributed by atoms with Gasteiger partial charge in [0.1, 0.15) is 18.4 Å². The van der Waals surface area contributed by atoms with Gasteiger partial charge in [0, 0.05) is 19.3 Å². The highest BCUT2D eigenvalue weighted by Gasteiger charge is 2.16. The first-order chi connectivity index (χ1) is 22.1. The molecule has 0 aliphatic carbocycles. The molecular formula is C39H75NO5. The summed E-state index contributed by atoms with van der Waals surface area (Å²) in [4.78, 5) is 36.5. The molecule has 0 spiro atoms. The summed E-state index contributed by atoms with van der Waals surface area (Å²) >= 11 is 0. The monoisotopic (exact) mass is 638 g/mol. The molecule has 2 atom stereocenters. The average molecular weight is 638 g/mol. The largest absolute Gasteiger partial charge is 0.462 e. The zero-order chi connectivity index (χ0) is 33.1. The maximum absolute atomic E-state index is 12.6. The van der Waals surface area contributed by atoms with Gasteiger partial charge in [-0.2, -0.15) is 0 Å². The van der Waals surface area contributed by atoms with Crippen LogP contribution in [0.25, 0.3) is 0 Å². The number of nitrogens with one attached hydrogen (secondary N) is 1. The van der Waals surface area contributed by atoms with Crippen molar-refractivity contribution in [2.75, 3.05) is 13.2 Å². The molecule has 2 unspecified atom stereocenters. The van der Waals surface area contributed by atoms with E-state index in [1.54, 1.807) is 0 Å². The van der Waals surface area contributed by atoms with Gasteiger partial charge in [-0.25, -0.2) is 0 Å². The SMILES string of the molecule is CCCCCCCCCCCCCC(=O)NC(C=O)COCCC(CCCCCCC)OC(=O)CCCCCCCCCCC. The third-order valence-corrected chi connectivity index (χ3v) is 8.81. The molecule has 0 fully saturated rings. The van der Waals surface area contributed by atoms with E-state index in [4.69, 9.17) is 9.47 Å². The van der Waals surface area contributed by atoms with Crippen molar-refractivity contribution < 1.29 is 23.9 Å². The molecule has 6 heteroatoms. The number of amides is 1. The number of ether oxygens (including phenoxy) is 2. The van der Waals surface area contributed by atoms with E-state index in [1.807, 2.05) is 0 Å². The first-order valence-corrected chi connectivity index (χ1v) is 19.6. The number of aldehydes is 1. The molecule has 1 amide bonds. The summed E-state index contributed by atoms with van der Waals surface area (Å²) < 4.78 is 11.7. The van der Waals surface area contributed by atoms with Gasteiger partial charge in [-0.1, -0.05) is 162 Å².